The third kappa shape index (κ3) is 6.48. The molecule has 0 spiro atoms. The van der Waals surface area contributed by atoms with Gasteiger partial charge in [-0.3, -0.25) is 4.90 Å². The summed E-state index contributed by atoms with van der Waals surface area (Å²) in [6, 6.07) is 9.05. The summed E-state index contributed by atoms with van der Waals surface area (Å²) >= 11 is 0. The van der Waals surface area contributed by atoms with Crippen molar-refractivity contribution in [2.75, 3.05) is 57.4 Å². The molecular weight excluding hydrogens is 333 g/mol. The molecule has 4 nitrogen and oxygen atoms in total. The highest BCUT2D eigenvalue weighted by Gasteiger charge is 2.12. The summed E-state index contributed by atoms with van der Waals surface area (Å²) < 4.78 is 5.36. The Morgan fingerprint density at radius 1 is 0.913 bits per heavy atom. The lowest BCUT2D eigenvalue weighted by atomic mass is 10.2. The van der Waals surface area contributed by atoms with Gasteiger partial charge in [-0.05, 0) is 30.5 Å². The van der Waals surface area contributed by atoms with Gasteiger partial charge >= 0.3 is 0 Å². The molecule has 0 radical (unpaired) electrons. The number of rotatable bonds is 6. The van der Waals surface area contributed by atoms with Crippen LogP contribution in [0, 0.1) is 0 Å². The zero-order valence-corrected chi connectivity index (χ0v) is 15.3. The van der Waals surface area contributed by atoms with Crippen LogP contribution in [0.5, 0.6) is 0 Å². The molecule has 0 aliphatic carbocycles. The van der Waals surface area contributed by atoms with Crippen LogP contribution in [-0.2, 0) is 11.3 Å². The van der Waals surface area contributed by atoms with Crippen molar-refractivity contribution in [3.05, 3.63) is 29.8 Å². The Hall–Kier alpha value is -0.520. The van der Waals surface area contributed by atoms with E-state index in [4.69, 9.17) is 4.74 Å². The zero-order chi connectivity index (χ0) is 14.3. The van der Waals surface area contributed by atoms with E-state index in [1.54, 1.807) is 0 Å². The average Bonchev–Trinajstić information content (AvgIpc) is 3.08. The Bertz CT molecular complexity index is 418. The summed E-state index contributed by atoms with van der Waals surface area (Å²) in [5.74, 6) is 0. The number of nitrogens with zero attached hydrogens (tertiary/aromatic N) is 2. The maximum absolute atomic E-state index is 5.36. The van der Waals surface area contributed by atoms with Gasteiger partial charge in [-0.25, -0.2) is 0 Å². The summed E-state index contributed by atoms with van der Waals surface area (Å²) in [7, 11) is 0. The first-order valence-electron chi connectivity index (χ1n) is 8.26. The number of nitrogens with one attached hydrogen (secondary N) is 1. The van der Waals surface area contributed by atoms with Crippen molar-refractivity contribution < 1.29 is 4.74 Å². The van der Waals surface area contributed by atoms with Crippen molar-refractivity contribution >= 4 is 30.5 Å². The molecule has 0 bridgehead atoms. The van der Waals surface area contributed by atoms with E-state index in [9.17, 15) is 0 Å². The topological polar surface area (TPSA) is 27.7 Å². The molecule has 132 valence electrons. The lowest BCUT2D eigenvalue weighted by molar-refractivity contribution is 0.0384. The fraction of sp³-hybridized carbons (Fsp3) is 0.647. The van der Waals surface area contributed by atoms with Gasteiger partial charge in [-0.1, -0.05) is 12.1 Å². The monoisotopic (exact) mass is 361 g/mol. The second-order valence-corrected chi connectivity index (χ2v) is 5.99. The molecule has 0 amide bonds. The van der Waals surface area contributed by atoms with E-state index < -0.39 is 0 Å². The molecular formula is C17H29Cl2N3O. The van der Waals surface area contributed by atoms with E-state index in [1.165, 1.54) is 37.2 Å². The van der Waals surface area contributed by atoms with Crippen LogP contribution >= 0.6 is 24.8 Å². The molecule has 23 heavy (non-hydrogen) atoms. The lowest BCUT2D eigenvalue weighted by Crippen LogP contribution is -2.40. The van der Waals surface area contributed by atoms with Crippen LogP contribution in [0.15, 0.2) is 24.3 Å². The summed E-state index contributed by atoms with van der Waals surface area (Å²) in [5.41, 5.74) is 2.75. The molecule has 1 aromatic rings. The first-order valence-corrected chi connectivity index (χ1v) is 8.26. The van der Waals surface area contributed by atoms with Gasteiger partial charge in [0.05, 0.1) is 13.2 Å². The second-order valence-electron chi connectivity index (χ2n) is 5.99. The Kier molecular flexibility index (Phi) is 9.91. The molecule has 1 N–H and O–H groups in total. The van der Waals surface area contributed by atoms with E-state index in [0.29, 0.717) is 0 Å². The Balaban J connectivity index is 0.00000132. The van der Waals surface area contributed by atoms with E-state index >= 15 is 0 Å². The van der Waals surface area contributed by atoms with Crippen molar-refractivity contribution in [3.8, 4) is 0 Å². The minimum atomic E-state index is 0. The van der Waals surface area contributed by atoms with Crippen molar-refractivity contribution in [3.63, 3.8) is 0 Å². The minimum absolute atomic E-state index is 0. The third-order valence-electron chi connectivity index (χ3n) is 4.45. The molecule has 0 aromatic heterocycles. The fourth-order valence-electron chi connectivity index (χ4n) is 3.09. The largest absolute Gasteiger partial charge is 0.379 e. The van der Waals surface area contributed by atoms with E-state index in [-0.39, 0.29) is 24.8 Å². The van der Waals surface area contributed by atoms with Gasteiger partial charge in [0, 0.05) is 51.5 Å². The highest BCUT2D eigenvalue weighted by Crippen LogP contribution is 2.20. The Morgan fingerprint density at radius 2 is 1.57 bits per heavy atom. The molecule has 2 aliphatic rings. The van der Waals surface area contributed by atoms with Gasteiger partial charge in [-0.2, -0.15) is 0 Å². The highest BCUT2D eigenvalue weighted by molar-refractivity contribution is 5.85. The molecule has 3 rings (SSSR count). The number of hydrogen-bond donors (Lipinski definition) is 1. The van der Waals surface area contributed by atoms with E-state index in [0.717, 1.165) is 45.9 Å². The van der Waals surface area contributed by atoms with Crippen molar-refractivity contribution in [2.24, 2.45) is 0 Å². The number of benzene rings is 1. The van der Waals surface area contributed by atoms with Crippen LogP contribution in [0.1, 0.15) is 18.4 Å². The number of ether oxygens (including phenoxy) is 1. The van der Waals surface area contributed by atoms with Gasteiger partial charge in [0.2, 0.25) is 0 Å². The Morgan fingerprint density at radius 3 is 2.22 bits per heavy atom. The highest BCUT2D eigenvalue weighted by atomic mass is 35.5. The molecule has 2 fully saturated rings. The minimum Gasteiger partial charge on any atom is -0.379 e. The zero-order valence-electron chi connectivity index (χ0n) is 13.7. The number of hydrogen-bond acceptors (Lipinski definition) is 4. The lowest BCUT2D eigenvalue weighted by Gasteiger charge is -2.26. The number of morpholine rings is 1. The quantitative estimate of drug-likeness (QED) is 0.788. The summed E-state index contributed by atoms with van der Waals surface area (Å²) in [4.78, 5) is 4.95. The third-order valence-corrected chi connectivity index (χ3v) is 4.45. The van der Waals surface area contributed by atoms with Crippen LogP contribution in [-0.4, -0.2) is 57.4 Å². The fourth-order valence-corrected chi connectivity index (χ4v) is 3.09. The van der Waals surface area contributed by atoms with E-state index in [2.05, 4.69) is 39.4 Å². The van der Waals surface area contributed by atoms with Crippen LogP contribution in [0.4, 0.5) is 5.69 Å². The van der Waals surface area contributed by atoms with Gasteiger partial charge in [-0.15, -0.1) is 24.8 Å². The normalized spacial score (nSPS) is 18.3. The summed E-state index contributed by atoms with van der Waals surface area (Å²) in [5, 5.41) is 3.54. The van der Waals surface area contributed by atoms with Gasteiger partial charge in [0.25, 0.3) is 0 Å². The first kappa shape index (κ1) is 20.5. The maximum Gasteiger partial charge on any atom is 0.0594 e. The molecule has 6 heteroatoms. The number of anilines is 1. The molecule has 1 aromatic carbocycles. The van der Waals surface area contributed by atoms with Crippen molar-refractivity contribution in [1.82, 2.24) is 10.2 Å². The van der Waals surface area contributed by atoms with Gasteiger partial charge in [0.1, 0.15) is 0 Å². The maximum atomic E-state index is 5.36. The van der Waals surface area contributed by atoms with Crippen molar-refractivity contribution in [2.45, 2.75) is 19.4 Å². The average molecular weight is 362 g/mol. The van der Waals surface area contributed by atoms with E-state index in [1.807, 2.05) is 0 Å². The first-order chi connectivity index (χ1) is 10.4. The van der Waals surface area contributed by atoms with Crippen LogP contribution in [0.25, 0.3) is 0 Å². The van der Waals surface area contributed by atoms with Gasteiger partial charge in [0.15, 0.2) is 0 Å². The van der Waals surface area contributed by atoms with Crippen LogP contribution in [0.3, 0.4) is 0 Å². The molecule has 0 unspecified atom stereocenters. The standard InChI is InChI=1S/C17H27N3O.2ClH/c1-2-9-20(8-1)17-5-3-16(4-6-17)15-18-7-10-19-11-13-21-14-12-19;;/h3-6,18H,1-2,7-15H2;2*1H. The summed E-state index contributed by atoms with van der Waals surface area (Å²) in [6.07, 6.45) is 2.68. The molecule has 2 aliphatic heterocycles. The molecule has 0 saturated carbocycles. The van der Waals surface area contributed by atoms with Crippen LogP contribution < -0.4 is 10.2 Å². The van der Waals surface area contributed by atoms with Gasteiger partial charge < -0.3 is 15.0 Å². The molecule has 0 atom stereocenters. The number of halogens is 2. The SMILES string of the molecule is Cl.Cl.c1cc(N2CCCC2)ccc1CNCCN1CCOCC1. The Labute approximate surface area is 152 Å². The molecule has 2 heterocycles. The summed E-state index contributed by atoms with van der Waals surface area (Å²) in [6.45, 7) is 9.50. The second kappa shape index (κ2) is 11.1. The smallest absolute Gasteiger partial charge is 0.0594 e. The predicted molar refractivity (Wildman–Crippen MR) is 101 cm³/mol. The molecule has 2 saturated heterocycles. The predicted octanol–water partition coefficient (Wildman–Crippen LogP) is 2.55. The van der Waals surface area contributed by atoms with Crippen LogP contribution in [0.2, 0.25) is 0 Å². The van der Waals surface area contributed by atoms with Crippen molar-refractivity contribution in [1.29, 1.82) is 0 Å².